The van der Waals surface area contributed by atoms with E-state index in [0.717, 1.165) is 41.3 Å². The summed E-state index contributed by atoms with van der Waals surface area (Å²) in [5.74, 6) is 0.779. The predicted octanol–water partition coefficient (Wildman–Crippen LogP) is 4.03. The Kier molecular flexibility index (Phi) is 4.89. The number of carbonyl (C=O) groups excluding carboxylic acids is 1. The summed E-state index contributed by atoms with van der Waals surface area (Å²) in [6.07, 6.45) is 8.13. The standard InChI is InChI=1S/C21H23N3OS/c1-15-7-8-19-17(11-15)12-20(26-19)21(25)22-10-9-16-13-23-24(14-16)18-5-3-2-4-6-18/h2-6,12-15H,7-11H2,1H3,(H,22,25). The number of carbonyl (C=O) groups is 1. The van der Waals surface area contributed by atoms with Crippen LogP contribution < -0.4 is 5.32 Å². The fourth-order valence-corrected chi connectivity index (χ4v) is 4.56. The summed E-state index contributed by atoms with van der Waals surface area (Å²) in [4.78, 5) is 14.7. The van der Waals surface area contributed by atoms with E-state index in [1.807, 2.05) is 47.4 Å². The van der Waals surface area contributed by atoms with Crippen molar-refractivity contribution in [1.29, 1.82) is 0 Å². The molecular formula is C21H23N3OS. The van der Waals surface area contributed by atoms with E-state index in [0.29, 0.717) is 6.54 Å². The average Bonchev–Trinajstić information content (AvgIpc) is 3.29. The number of para-hydroxylation sites is 1. The maximum Gasteiger partial charge on any atom is 0.261 e. The molecule has 0 fully saturated rings. The summed E-state index contributed by atoms with van der Waals surface area (Å²) in [6.45, 7) is 2.91. The fraction of sp³-hybridized carbons (Fsp3) is 0.333. The highest BCUT2D eigenvalue weighted by Crippen LogP contribution is 2.32. The third-order valence-corrected chi connectivity index (χ3v) is 6.14. The quantitative estimate of drug-likeness (QED) is 0.742. The molecule has 2 heterocycles. The van der Waals surface area contributed by atoms with Gasteiger partial charge in [0.05, 0.1) is 16.8 Å². The lowest BCUT2D eigenvalue weighted by Gasteiger charge is -2.16. The largest absolute Gasteiger partial charge is 0.351 e. The number of nitrogens with one attached hydrogen (secondary N) is 1. The van der Waals surface area contributed by atoms with Crippen LogP contribution in [0.25, 0.3) is 5.69 Å². The highest BCUT2D eigenvalue weighted by Gasteiger charge is 2.20. The van der Waals surface area contributed by atoms with Crippen LogP contribution in [0.4, 0.5) is 0 Å². The minimum Gasteiger partial charge on any atom is -0.351 e. The normalized spacial score (nSPS) is 16.3. The first-order valence-electron chi connectivity index (χ1n) is 9.18. The SMILES string of the molecule is CC1CCc2sc(C(=O)NCCc3cnn(-c4ccccc4)c3)cc2C1. The van der Waals surface area contributed by atoms with Gasteiger partial charge >= 0.3 is 0 Å². The molecule has 1 aliphatic carbocycles. The van der Waals surface area contributed by atoms with Crippen molar-refractivity contribution in [3.05, 3.63) is 69.7 Å². The molecule has 1 atom stereocenters. The Morgan fingerprint density at radius 2 is 2.19 bits per heavy atom. The summed E-state index contributed by atoms with van der Waals surface area (Å²) in [5, 5.41) is 7.45. The Morgan fingerprint density at radius 3 is 3.04 bits per heavy atom. The van der Waals surface area contributed by atoms with Crippen molar-refractivity contribution in [2.45, 2.75) is 32.6 Å². The third-order valence-electron chi connectivity index (χ3n) is 4.91. The molecule has 26 heavy (non-hydrogen) atoms. The number of aromatic nitrogens is 2. The number of rotatable bonds is 5. The minimum atomic E-state index is 0.0486. The van der Waals surface area contributed by atoms with Crippen LogP contribution >= 0.6 is 11.3 Å². The summed E-state index contributed by atoms with van der Waals surface area (Å²) in [6, 6.07) is 12.1. The van der Waals surface area contributed by atoms with Gasteiger partial charge in [0, 0.05) is 17.6 Å². The van der Waals surface area contributed by atoms with E-state index < -0.39 is 0 Å². The zero-order valence-electron chi connectivity index (χ0n) is 14.9. The van der Waals surface area contributed by atoms with Crippen LogP contribution in [0.5, 0.6) is 0 Å². The molecule has 0 radical (unpaired) electrons. The van der Waals surface area contributed by atoms with Crippen LogP contribution in [0.15, 0.2) is 48.8 Å². The maximum absolute atomic E-state index is 12.4. The molecule has 4 nitrogen and oxygen atoms in total. The van der Waals surface area contributed by atoms with E-state index in [2.05, 4.69) is 23.4 Å². The van der Waals surface area contributed by atoms with Crippen molar-refractivity contribution in [1.82, 2.24) is 15.1 Å². The molecule has 3 aromatic rings. The number of hydrogen-bond acceptors (Lipinski definition) is 3. The number of aryl methyl sites for hydroxylation is 1. The Hall–Kier alpha value is -2.40. The zero-order valence-corrected chi connectivity index (χ0v) is 15.8. The predicted molar refractivity (Wildman–Crippen MR) is 105 cm³/mol. The second-order valence-electron chi connectivity index (χ2n) is 7.04. The minimum absolute atomic E-state index is 0.0486. The fourth-order valence-electron chi connectivity index (χ4n) is 3.44. The van der Waals surface area contributed by atoms with Crippen LogP contribution in [0, 0.1) is 5.92 Å². The van der Waals surface area contributed by atoms with Gasteiger partial charge in [0.25, 0.3) is 5.91 Å². The van der Waals surface area contributed by atoms with Crippen LogP contribution in [-0.4, -0.2) is 22.2 Å². The molecule has 1 amide bonds. The Labute approximate surface area is 157 Å². The Bertz CT molecular complexity index is 897. The molecule has 0 spiro atoms. The molecule has 1 aromatic carbocycles. The van der Waals surface area contributed by atoms with Gasteiger partial charge in [-0.15, -0.1) is 11.3 Å². The Balaban J connectivity index is 1.32. The van der Waals surface area contributed by atoms with Gasteiger partial charge < -0.3 is 5.32 Å². The van der Waals surface area contributed by atoms with E-state index in [1.165, 1.54) is 16.9 Å². The van der Waals surface area contributed by atoms with Crippen molar-refractivity contribution in [3.8, 4) is 5.69 Å². The van der Waals surface area contributed by atoms with Crippen molar-refractivity contribution >= 4 is 17.2 Å². The Morgan fingerprint density at radius 1 is 1.35 bits per heavy atom. The molecule has 1 unspecified atom stereocenters. The monoisotopic (exact) mass is 365 g/mol. The smallest absolute Gasteiger partial charge is 0.261 e. The molecule has 0 bridgehead atoms. The van der Waals surface area contributed by atoms with E-state index >= 15 is 0 Å². The van der Waals surface area contributed by atoms with Gasteiger partial charge in [-0.25, -0.2) is 4.68 Å². The second-order valence-corrected chi connectivity index (χ2v) is 8.18. The first kappa shape index (κ1) is 17.0. The summed E-state index contributed by atoms with van der Waals surface area (Å²) in [5.41, 5.74) is 3.54. The molecule has 1 aliphatic rings. The van der Waals surface area contributed by atoms with Crippen LogP contribution in [0.2, 0.25) is 0 Å². The number of thiophene rings is 1. The van der Waals surface area contributed by atoms with Gasteiger partial charge in [0.1, 0.15) is 0 Å². The third kappa shape index (κ3) is 3.73. The highest BCUT2D eigenvalue weighted by molar-refractivity contribution is 7.14. The number of nitrogens with zero attached hydrogens (tertiary/aromatic N) is 2. The number of amides is 1. The van der Waals surface area contributed by atoms with Gasteiger partial charge in [0.15, 0.2) is 0 Å². The second kappa shape index (κ2) is 7.46. The van der Waals surface area contributed by atoms with E-state index in [1.54, 1.807) is 11.3 Å². The van der Waals surface area contributed by atoms with Crippen molar-refractivity contribution in [2.24, 2.45) is 5.92 Å². The zero-order chi connectivity index (χ0) is 17.9. The molecule has 0 saturated heterocycles. The topological polar surface area (TPSA) is 46.9 Å². The van der Waals surface area contributed by atoms with Gasteiger partial charge in [-0.2, -0.15) is 5.10 Å². The summed E-state index contributed by atoms with van der Waals surface area (Å²) in [7, 11) is 0. The molecular weight excluding hydrogens is 342 g/mol. The first-order chi connectivity index (χ1) is 12.7. The van der Waals surface area contributed by atoms with Crippen molar-refractivity contribution < 1.29 is 4.79 Å². The van der Waals surface area contributed by atoms with E-state index in [9.17, 15) is 4.79 Å². The lowest BCUT2D eigenvalue weighted by atomic mass is 9.90. The van der Waals surface area contributed by atoms with Crippen LogP contribution in [0.1, 0.15) is 39.0 Å². The summed E-state index contributed by atoms with van der Waals surface area (Å²) < 4.78 is 1.87. The maximum atomic E-state index is 12.4. The molecule has 134 valence electrons. The van der Waals surface area contributed by atoms with Crippen LogP contribution in [-0.2, 0) is 19.3 Å². The first-order valence-corrected chi connectivity index (χ1v) is 9.99. The number of hydrogen-bond donors (Lipinski definition) is 1. The highest BCUT2D eigenvalue weighted by atomic mass is 32.1. The molecule has 0 saturated carbocycles. The number of fused-ring (bicyclic) bond motifs is 1. The van der Waals surface area contributed by atoms with Gasteiger partial charge in [-0.05, 0) is 60.9 Å². The summed E-state index contributed by atoms with van der Waals surface area (Å²) >= 11 is 1.66. The van der Waals surface area contributed by atoms with Gasteiger partial charge in [0.2, 0.25) is 0 Å². The molecule has 0 aliphatic heterocycles. The van der Waals surface area contributed by atoms with Gasteiger partial charge in [-0.3, -0.25) is 4.79 Å². The molecule has 5 heteroatoms. The lowest BCUT2D eigenvalue weighted by molar-refractivity contribution is 0.0958. The lowest BCUT2D eigenvalue weighted by Crippen LogP contribution is -2.24. The number of benzene rings is 1. The van der Waals surface area contributed by atoms with Crippen molar-refractivity contribution in [2.75, 3.05) is 6.54 Å². The van der Waals surface area contributed by atoms with Gasteiger partial charge in [-0.1, -0.05) is 25.1 Å². The molecule has 2 aromatic heterocycles. The molecule has 4 rings (SSSR count). The van der Waals surface area contributed by atoms with Crippen molar-refractivity contribution in [3.63, 3.8) is 0 Å². The van der Waals surface area contributed by atoms with E-state index in [-0.39, 0.29) is 5.91 Å². The van der Waals surface area contributed by atoms with Crippen LogP contribution in [0.3, 0.4) is 0 Å². The molecule has 1 N–H and O–H groups in total. The average molecular weight is 366 g/mol. The van der Waals surface area contributed by atoms with E-state index in [4.69, 9.17) is 0 Å².